The van der Waals surface area contributed by atoms with Gasteiger partial charge in [-0.2, -0.15) is 0 Å². The van der Waals surface area contributed by atoms with Crippen LogP contribution in [0.25, 0.3) is 0 Å². The Morgan fingerprint density at radius 2 is 1.56 bits per heavy atom. The van der Waals surface area contributed by atoms with Crippen LogP contribution in [0.5, 0.6) is 0 Å². The molecule has 0 heterocycles. The number of carboxylic acids is 1. The van der Waals surface area contributed by atoms with E-state index in [1.165, 1.54) is 12.8 Å². The minimum Gasteiger partial charge on any atom is -0.481 e. The predicted octanol–water partition coefficient (Wildman–Crippen LogP) is 2.88. The van der Waals surface area contributed by atoms with Gasteiger partial charge in [0.25, 0.3) is 0 Å². The Bertz CT molecular complexity index is 383. The summed E-state index contributed by atoms with van der Waals surface area (Å²) >= 11 is 0. The van der Waals surface area contributed by atoms with Crippen LogP contribution in [0, 0.1) is 53.3 Å². The molecular formula is C15H22O2Re. The van der Waals surface area contributed by atoms with Gasteiger partial charge in [0.2, 0.25) is 0 Å². The summed E-state index contributed by atoms with van der Waals surface area (Å²) in [5.74, 6) is 6.00. The molecule has 9 atom stereocenters. The van der Waals surface area contributed by atoms with Crippen molar-refractivity contribution in [3.63, 3.8) is 0 Å². The fourth-order valence-corrected chi connectivity index (χ4v) is 6.51. The molecule has 0 aromatic heterocycles. The number of carbonyl (C=O) groups is 1. The molecule has 0 aliphatic heterocycles. The van der Waals surface area contributed by atoms with Gasteiger partial charge in [0.1, 0.15) is 0 Å². The first kappa shape index (κ1) is 13.1. The van der Waals surface area contributed by atoms with Crippen LogP contribution in [0.1, 0.15) is 33.1 Å². The summed E-state index contributed by atoms with van der Waals surface area (Å²) in [4.78, 5) is 11.3. The monoisotopic (exact) mass is 421 g/mol. The molecule has 0 spiro atoms. The number of hydrogen-bond acceptors (Lipinski definition) is 1. The maximum atomic E-state index is 11.3. The van der Waals surface area contributed by atoms with Gasteiger partial charge in [0.05, 0.1) is 5.92 Å². The third-order valence-corrected chi connectivity index (χ3v) is 7.16. The Morgan fingerprint density at radius 3 is 2.17 bits per heavy atom. The van der Waals surface area contributed by atoms with Crippen molar-refractivity contribution in [1.82, 2.24) is 0 Å². The maximum Gasteiger partial charge on any atom is 0.306 e. The Morgan fingerprint density at radius 1 is 0.944 bits per heavy atom. The molecule has 2 nitrogen and oxygen atoms in total. The number of fused-ring (bicyclic) bond motifs is 9. The average Bonchev–Trinajstić information content (AvgIpc) is 2.98. The number of rotatable bonds is 1. The Balaban J connectivity index is 0.000001000. The summed E-state index contributed by atoms with van der Waals surface area (Å²) in [6, 6.07) is 0. The number of aliphatic carboxylic acids is 1. The molecular weight excluding hydrogens is 398 g/mol. The zero-order valence-corrected chi connectivity index (χ0v) is 13.8. The molecule has 1 radical (unpaired) electrons. The summed E-state index contributed by atoms with van der Waals surface area (Å²) in [6.45, 7) is 4.85. The first-order valence-corrected chi connectivity index (χ1v) is 7.32. The van der Waals surface area contributed by atoms with E-state index in [0.717, 1.165) is 47.8 Å². The molecule has 4 saturated carbocycles. The molecule has 4 bridgehead atoms. The van der Waals surface area contributed by atoms with Gasteiger partial charge in [-0.05, 0) is 66.6 Å². The standard InChI is InChI=1S/C15H22O2.Re/c1-6-7(2)10-5-9(6)13-8-3-11(14(10)13)12(4-8)15(16)17;/h6-14H,3-5H2,1-2H3,(H,16,17);. The molecule has 1 N–H and O–H groups in total. The molecule has 4 fully saturated rings. The fourth-order valence-electron chi connectivity index (χ4n) is 6.51. The Kier molecular flexibility index (Phi) is 2.96. The first-order valence-electron chi connectivity index (χ1n) is 7.32. The van der Waals surface area contributed by atoms with Gasteiger partial charge < -0.3 is 5.11 Å². The normalized spacial score (nSPS) is 59.6. The largest absolute Gasteiger partial charge is 0.481 e. The maximum absolute atomic E-state index is 11.3. The summed E-state index contributed by atoms with van der Waals surface area (Å²) in [6.07, 6.45) is 3.64. The van der Waals surface area contributed by atoms with Crippen LogP contribution in [0.15, 0.2) is 0 Å². The molecule has 0 saturated heterocycles. The van der Waals surface area contributed by atoms with E-state index in [-0.39, 0.29) is 26.3 Å². The first-order chi connectivity index (χ1) is 8.09. The second-order valence-corrected chi connectivity index (χ2v) is 7.28. The van der Waals surface area contributed by atoms with E-state index in [4.69, 9.17) is 0 Å². The van der Waals surface area contributed by atoms with Gasteiger partial charge in [-0.3, -0.25) is 4.79 Å². The van der Waals surface area contributed by atoms with Gasteiger partial charge in [0, 0.05) is 20.4 Å². The van der Waals surface area contributed by atoms with Crippen molar-refractivity contribution in [3.8, 4) is 0 Å². The average molecular weight is 421 g/mol. The van der Waals surface area contributed by atoms with E-state index in [9.17, 15) is 9.90 Å². The molecule has 0 aromatic rings. The second kappa shape index (κ2) is 4.06. The third-order valence-electron chi connectivity index (χ3n) is 7.16. The van der Waals surface area contributed by atoms with Gasteiger partial charge in [-0.15, -0.1) is 0 Å². The van der Waals surface area contributed by atoms with Crippen LogP contribution in [-0.4, -0.2) is 11.1 Å². The van der Waals surface area contributed by atoms with Crippen molar-refractivity contribution in [1.29, 1.82) is 0 Å². The van der Waals surface area contributed by atoms with Crippen molar-refractivity contribution in [2.24, 2.45) is 53.3 Å². The van der Waals surface area contributed by atoms with E-state index in [0.29, 0.717) is 5.92 Å². The van der Waals surface area contributed by atoms with Crippen molar-refractivity contribution in [2.45, 2.75) is 33.1 Å². The van der Waals surface area contributed by atoms with E-state index >= 15 is 0 Å². The molecule has 9 unspecified atom stereocenters. The van der Waals surface area contributed by atoms with Gasteiger partial charge >= 0.3 is 5.97 Å². The SMILES string of the molecule is CC1C(C)C2CC1C1C3CC(C(=O)O)C(C3)C21.[Re]. The molecule has 3 heteroatoms. The zero-order chi connectivity index (χ0) is 11.9. The molecule has 18 heavy (non-hydrogen) atoms. The molecule has 4 rings (SSSR count). The second-order valence-electron chi connectivity index (χ2n) is 7.28. The van der Waals surface area contributed by atoms with E-state index in [1.54, 1.807) is 0 Å². The molecule has 101 valence electrons. The van der Waals surface area contributed by atoms with Crippen LogP contribution in [0.3, 0.4) is 0 Å². The quantitative estimate of drug-likeness (QED) is 0.663. The number of carboxylic acid groups (broad SMARTS) is 1. The topological polar surface area (TPSA) is 37.3 Å². The van der Waals surface area contributed by atoms with Crippen molar-refractivity contribution < 1.29 is 30.3 Å². The molecule has 4 aliphatic carbocycles. The minimum atomic E-state index is -0.514. The van der Waals surface area contributed by atoms with Gasteiger partial charge in [-0.25, -0.2) is 0 Å². The summed E-state index contributed by atoms with van der Waals surface area (Å²) in [7, 11) is 0. The molecule has 0 aromatic carbocycles. The van der Waals surface area contributed by atoms with Crippen LogP contribution in [0.4, 0.5) is 0 Å². The van der Waals surface area contributed by atoms with E-state index < -0.39 is 5.97 Å². The van der Waals surface area contributed by atoms with Crippen molar-refractivity contribution in [3.05, 3.63) is 0 Å². The van der Waals surface area contributed by atoms with E-state index in [1.807, 2.05) is 0 Å². The van der Waals surface area contributed by atoms with Crippen LogP contribution in [-0.2, 0) is 25.2 Å². The minimum absolute atomic E-state index is 0. The summed E-state index contributed by atoms with van der Waals surface area (Å²) < 4.78 is 0. The summed E-state index contributed by atoms with van der Waals surface area (Å²) in [5.41, 5.74) is 0. The zero-order valence-electron chi connectivity index (χ0n) is 11.1. The Hall–Kier alpha value is 0.132. The van der Waals surface area contributed by atoms with Crippen LogP contribution < -0.4 is 0 Å². The fraction of sp³-hybridized carbons (Fsp3) is 0.933. The summed E-state index contributed by atoms with van der Waals surface area (Å²) in [5, 5.41) is 9.34. The van der Waals surface area contributed by atoms with Crippen molar-refractivity contribution in [2.75, 3.05) is 0 Å². The smallest absolute Gasteiger partial charge is 0.306 e. The Labute approximate surface area is 123 Å². The third kappa shape index (κ3) is 1.36. The van der Waals surface area contributed by atoms with E-state index in [2.05, 4.69) is 13.8 Å². The van der Waals surface area contributed by atoms with Gasteiger partial charge in [-0.1, -0.05) is 13.8 Å². The van der Waals surface area contributed by atoms with Crippen LogP contribution in [0.2, 0.25) is 0 Å². The van der Waals surface area contributed by atoms with Crippen LogP contribution >= 0.6 is 0 Å². The predicted molar refractivity (Wildman–Crippen MR) is 64.2 cm³/mol. The molecule has 4 aliphatic rings. The van der Waals surface area contributed by atoms with Gasteiger partial charge in [0.15, 0.2) is 0 Å². The molecule has 0 amide bonds. The number of hydrogen-bond donors (Lipinski definition) is 1. The van der Waals surface area contributed by atoms with Crippen molar-refractivity contribution >= 4 is 5.97 Å².